The van der Waals surface area contributed by atoms with Crippen molar-refractivity contribution in [2.45, 2.75) is 6.29 Å². The van der Waals surface area contributed by atoms with Crippen LogP contribution >= 0.6 is 0 Å². The summed E-state index contributed by atoms with van der Waals surface area (Å²) in [6.45, 7) is 1.20. The van der Waals surface area contributed by atoms with E-state index in [2.05, 4.69) is 4.98 Å². The molecule has 0 saturated carbocycles. The Morgan fingerprint density at radius 2 is 1.93 bits per heavy atom. The molecule has 0 bridgehead atoms. The van der Waals surface area contributed by atoms with Crippen molar-refractivity contribution in [1.82, 2.24) is 4.98 Å². The number of aliphatic hydroxyl groups is 1. The zero-order chi connectivity index (χ0) is 9.80. The van der Waals surface area contributed by atoms with Gasteiger partial charge in [-0.25, -0.2) is 0 Å². The van der Waals surface area contributed by atoms with Gasteiger partial charge in [0, 0.05) is 23.9 Å². The number of rotatable bonds is 2. The summed E-state index contributed by atoms with van der Waals surface area (Å²) in [6.07, 6.45) is 3.11. The molecule has 1 aromatic heterocycles. The lowest BCUT2D eigenvalue weighted by atomic mass is 10.1. The molecule has 0 unspecified atom stereocenters. The van der Waals surface area contributed by atoms with E-state index in [0.717, 1.165) is 5.56 Å². The Kier molecular flexibility index (Phi) is 3.08. The Bertz CT molecular complexity index is 270. The normalized spacial score (nSPS) is 27.5. The molecule has 0 spiro atoms. The molecular weight excluding hydrogens is 182 g/mol. The Labute approximate surface area is 82.5 Å². The fourth-order valence-electron chi connectivity index (χ4n) is 1.36. The van der Waals surface area contributed by atoms with Gasteiger partial charge < -0.3 is 14.6 Å². The molecule has 14 heavy (non-hydrogen) atoms. The minimum Gasteiger partial charge on any atom is -0.396 e. The van der Waals surface area contributed by atoms with Gasteiger partial charge in [0.25, 0.3) is 0 Å². The minimum atomic E-state index is -0.305. The molecule has 1 fully saturated rings. The van der Waals surface area contributed by atoms with Gasteiger partial charge in [0.1, 0.15) is 0 Å². The van der Waals surface area contributed by atoms with Crippen molar-refractivity contribution < 1.29 is 14.6 Å². The third kappa shape index (κ3) is 2.09. The van der Waals surface area contributed by atoms with Crippen LogP contribution < -0.4 is 0 Å². The first kappa shape index (κ1) is 9.58. The summed E-state index contributed by atoms with van der Waals surface area (Å²) >= 11 is 0. The van der Waals surface area contributed by atoms with Crippen molar-refractivity contribution >= 4 is 0 Å². The maximum atomic E-state index is 8.88. The van der Waals surface area contributed by atoms with E-state index >= 15 is 0 Å². The molecule has 0 radical (unpaired) electrons. The molecule has 4 heteroatoms. The molecule has 1 aliphatic heterocycles. The first-order valence-electron chi connectivity index (χ1n) is 4.64. The molecule has 1 saturated heterocycles. The second kappa shape index (κ2) is 4.50. The molecule has 2 rings (SSSR count). The molecule has 2 heterocycles. The van der Waals surface area contributed by atoms with Crippen LogP contribution in [0.5, 0.6) is 0 Å². The predicted molar refractivity (Wildman–Crippen MR) is 49.5 cm³/mol. The summed E-state index contributed by atoms with van der Waals surface area (Å²) < 4.78 is 10.9. The standard InChI is InChI=1S/C10H13NO3/c12-5-8-6-13-10(14-7-8)9-1-3-11-4-2-9/h1-4,8,10,12H,5-7H2. The van der Waals surface area contributed by atoms with Gasteiger partial charge in [0.05, 0.1) is 19.8 Å². The van der Waals surface area contributed by atoms with E-state index in [1.54, 1.807) is 12.4 Å². The van der Waals surface area contributed by atoms with Crippen molar-refractivity contribution in [3.63, 3.8) is 0 Å². The molecule has 0 amide bonds. The molecule has 76 valence electrons. The first-order valence-corrected chi connectivity index (χ1v) is 4.64. The largest absolute Gasteiger partial charge is 0.396 e. The number of ether oxygens (including phenoxy) is 2. The summed E-state index contributed by atoms with van der Waals surface area (Å²) in [4.78, 5) is 3.92. The van der Waals surface area contributed by atoms with Gasteiger partial charge in [0.2, 0.25) is 0 Å². The summed E-state index contributed by atoms with van der Waals surface area (Å²) in [7, 11) is 0. The minimum absolute atomic E-state index is 0.105. The van der Waals surface area contributed by atoms with Gasteiger partial charge >= 0.3 is 0 Å². The quantitative estimate of drug-likeness (QED) is 0.756. The van der Waals surface area contributed by atoms with E-state index in [-0.39, 0.29) is 18.8 Å². The second-order valence-corrected chi connectivity index (χ2v) is 3.33. The third-order valence-corrected chi connectivity index (χ3v) is 2.20. The van der Waals surface area contributed by atoms with Crippen molar-refractivity contribution in [3.05, 3.63) is 30.1 Å². The van der Waals surface area contributed by atoms with Crippen LogP contribution in [0.2, 0.25) is 0 Å². The van der Waals surface area contributed by atoms with Gasteiger partial charge in [-0.1, -0.05) is 0 Å². The van der Waals surface area contributed by atoms with Crippen LogP contribution in [0.3, 0.4) is 0 Å². The van der Waals surface area contributed by atoms with Crippen molar-refractivity contribution in [1.29, 1.82) is 0 Å². The maximum absolute atomic E-state index is 8.88. The monoisotopic (exact) mass is 195 g/mol. The lowest BCUT2D eigenvalue weighted by Gasteiger charge is -2.28. The van der Waals surface area contributed by atoms with E-state index in [1.165, 1.54) is 0 Å². The van der Waals surface area contributed by atoms with E-state index in [4.69, 9.17) is 14.6 Å². The van der Waals surface area contributed by atoms with E-state index < -0.39 is 0 Å². The average Bonchev–Trinajstić information content (AvgIpc) is 2.30. The highest BCUT2D eigenvalue weighted by Gasteiger charge is 2.22. The highest BCUT2D eigenvalue weighted by molar-refractivity contribution is 5.11. The van der Waals surface area contributed by atoms with Gasteiger partial charge in [-0.3, -0.25) is 4.98 Å². The van der Waals surface area contributed by atoms with E-state index in [1.807, 2.05) is 12.1 Å². The Hall–Kier alpha value is -0.970. The van der Waals surface area contributed by atoms with E-state index in [9.17, 15) is 0 Å². The lowest BCUT2D eigenvalue weighted by molar-refractivity contribution is -0.209. The van der Waals surface area contributed by atoms with Crippen molar-refractivity contribution in [3.8, 4) is 0 Å². The number of aromatic nitrogens is 1. The van der Waals surface area contributed by atoms with E-state index in [0.29, 0.717) is 13.2 Å². The number of hydrogen-bond acceptors (Lipinski definition) is 4. The Morgan fingerprint density at radius 3 is 2.50 bits per heavy atom. The smallest absolute Gasteiger partial charge is 0.183 e. The van der Waals surface area contributed by atoms with Gasteiger partial charge in [-0.05, 0) is 12.1 Å². The summed E-state index contributed by atoms with van der Waals surface area (Å²) in [5.41, 5.74) is 0.969. The highest BCUT2D eigenvalue weighted by atomic mass is 16.7. The first-order chi connectivity index (χ1) is 6.90. The molecule has 1 aromatic rings. The molecule has 1 N–H and O–H groups in total. The summed E-state index contributed by atoms with van der Waals surface area (Å²) in [6, 6.07) is 3.73. The molecule has 0 atom stereocenters. The Balaban J connectivity index is 1.96. The topological polar surface area (TPSA) is 51.6 Å². The number of nitrogens with zero attached hydrogens (tertiary/aromatic N) is 1. The third-order valence-electron chi connectivity index (χ3n) is 2.20. The fourth-order valence-corrected chi connectivity index (χ4v) is 1.36. The maximum Gasteiger partial charge on any atom is 0.183 e. The van der Waals surface area contributed by atoms with Crippen LogP contribution in [0.1, 0.15) is 11.9 Å². The Morgan fingerprint density at radius 1 is 1.29 bits per heavy atom. The van der Waals surface area contributed by atoms with Crippen LogP contribution in [0.4, 0.5) is 0 Å². The van der Waals surface area contributed by atoms with Crippen LogP contribution in [-0.4, -0.2) is 29.9 Å². The summed E-state index contributed by atoms with van der Waals surface area (Å²) in [5.74, 6) is 0.105. The van der Waals surface area contributed by atoms with Gasteiger partial charge in [-0.2, -0.15) is 0 Å². The lowest BCUT2D eigenvalue weighted by Crippen LogP contribution is -2.29. The molecule has 4 nitrogen and oxygen atoms in total. The van der Waals surface area contributed by atoms with Gasteiger partial charge in [-0.15, -0.1) is 0 Å². The SMILES string of the molecule is OCC1COC(c2ccncc2)OC1. The summed E-state index contributed by atoms with van der Waals surface area (Å²) in [5, 5.41) is 8.88. The van der Waals surface area contributed by atoms with Crippen LogP contribution in [0.25, 0.3) is 0 Å². The zero-order valence-corrected chi connectivity index (χ0v) is 7.80. The molecule has 1 aliphatic rings. The molecule has 0 aliphatic carbocycles. The second-order valence-electron chi connectivity index (χ2n) is 3.33. The van der Waals surface area contributed by atoms with Crippen LogP contribution in [-0.2, 0) is 9.47 Å². The zero-order valence-electron chi connectivity index (χ0n) is 7.80. The molecule has 0 aromatic carbocycles. The number of aliphatic hydroxyl groups excluding tert-OH is 1. The fraction of sp³-hybridized carbons (Fsp3) is 0.500. The van der Waals surface area contributed by atoms with Crippen molar-refractivity contribution in [2.24, 2.45) is 5.92 Å². The number of pyridine rings is 1. The number of hydrogen-bond donors (Lipinski definition) is 1. The predicted octanol–water partition coefficient (Wildman–Crippen LogP) is 0.735. The van der Waals surface area contributed by atoms with Crippen LogP contribution in [0, 0.1) is 5.92 Å². The van der Waals surface area contributed by atoms with Crippen LogP contribution in [0.15, 0.2) is 24.5 Å². The average molecular weight is 195 g/mol. The highest BCUT2D eigenvalue weighted by Crippen LogP contribution is 2.23. The van der Waals surface area contributed by atoms with Gasteiger partial charge in [0.15, 0.2) is 6.29 Å². The molecular formula is C10H13NO3. The van der Waals surface area contributed by atoms with Crippen molar-refractivity contribution in [2.75, 3.05) is 19.8 Å².